The van der Waals surface area contributed by atoms with Gasteiger partial charge < -0.3 is 9.84 Å². The molecule has 0 aliphatic heterocycles. The second-order valence-electron chi connectivity index (χ2n) is 5.03. The van der Waals surface area contributed by atoms with E-state index in [1.165, 1.54) is 0 Å². The first-order valence-electron chi connectivity index (χ1n) is 5.88. The normalized spacial score (nSPS) is 11.7. The maximum Gasteiger partial charge on any atom is 0.228 e. The summed E-state index contributed by atoms with van der Waals surface area (Å²) in [6, 6.07) is 0. The molecular weight excluding hydrogens is 230 g/mol. The molecule has 0 atom stereocenters. The highest BCUT2D eigenvalue weighted by atomic mass is 16.5. The van der Waals surface area contributed by atoms with E-state index in [2.05, 4.69) is 46.2 Å². The van der Waals surface area contributed by atoms with Crippen LogP contribution in [-0.2, 0) is 6.42 Å². The van der Waals surface area contributed by atoms with E-state index in [0.717, 1.165) is 6.54 Å². The van der Waals surface area contributed by atoms with Crippen LogP contribution < -0.4 is 5.32 Å². The van der Waals surface area contributed by atoms with Gasteiger partial charge in [-0.05, 0) is 20.8 Å². The maximum absolute atomic E-state index is 5.16. The first-order chi connectivity index (χ1) is 8.54. The van der Waals surface area contributed by atoms with Gasteiger partial charge in [0.2, 0.25) is 11.7 Å². The fourth-order valence-corrected chi connectivity index (χ4v) is 1.42. The van der Waals surface area contributed by atoms with Crippen LogP contribution in [0.2, 0.25) is 0 Å². The Bertz CT molecular complexity index is 489. The lowest BCUT2D eigenvalue weighted by molar-refractivity contribution is 0.362. The molecule has 2 aromatic rings. The van der Waals surface area contributed by atoms with Gasteiger partial charge in [-0.3, -0.25) is 4.98 Å². The molecule has 96 valence electrons. The van der Waals surface area contributed by atoms with Crippen molar-refractivity contribution in [1.29, 1.82) is 0 Å². The molecule has 1 N–H and O–H groups in total. The Labute approximate surface area is 106 Å². The van der Waals surface area contributed by atoms with Crippen molar-refractivity contribution in [2.45, 2.75) is 32.7 Å². The molecule has 0 spiro atoms. The van der Waals surface area contributed by atoms with Gasteiger partial charge in [0.1, 0.15) is 5.69 Å². The average Bonchev–Trinajstić information content (AvgIpc) is 2.77. The predicted octanol–water partition coefficient (Wildman–Crippen LogP) is 1.46. The first kappa shape index (κ1) is 12.6. The fourth-order valence-electron chi connectivity index (χ4n) is 1.42. The molecule has 2 rings (SSSR count). The average molecular weight is 247 g/mol. The summed E-state index contributed by atoms with van der Waals surface area (Å²) in [5.41, 5.74) is 0.713. The molecule has 6 nitrogen and oxygen atoms in total. The highest BCUT2D eigenvalue weighted by Crippen LogP contribution is 2.11. The van der Waals surface area contributed by atoms with Gasteiger partial charge in [0, 0.05) is 30.9 Å². The third-order valence-corrected chi connectivity index (χ3v) is 2.25. The number of hydrogen-bond acceptors (Lipinski definition) is 6. The monoisotopic (exact) mass is 247 g/mol. The quantitative estimate of drug-likeness (QED) is 0.881. The molecule has 0 fully saturated rings. The van der Waals surface area contributed by atoms with Gasteiger partial charge in [-0.2, -0.15) is 4.98 Å². The van der Waals surface area contributed by atoms with Gasteiger partial charge >= 0.3 is 0 Å². The highest BCUT2D eigenvalue weighted by Gasteiger charge is 2.12. The van der Waals surface area contributed by atoms with Crippen LogP contribution in [0.5, 0.6) is 0 Å². The molecule has 0 saturated carbocycles. The van der Waals surface area contributed by atoms with Crippen LogP contribution >= 0.6 is 0 Å². The zero-order valence-electron chi connectivity index (χ0n) is 10.8. The van der Waals surface area contributed by atoms with Gasteiger partial charge in [0.25, 0.3) is 0 Å². The lowest BCUT2D eigenvalue weighted by Crippen LogP contribution is -2.37. The maximum atomic E-state index is 5.16. The Morgan fingerprint density at radius 1 is 1.28 bits per heavy atom. The molecule has 0 radical (unpaired) electrons. The summed E-state index contributed by atoms with van der Waals surface area (Å²) in [5, 5.41) is 7.25. The van der Waals surface area contributed by atoms with Crippen LogP contribution in [0.25, 0.3) is 11.5 Å². The third-order valence-electron chi connectivity index (χ3n) is 2.25. The van der Waals surface area contributed by atoms with Crippen molar-refractivity contribution >= 4 is 0 Å². The molecular formula is C12H17N5O. The minimum Gasteiger partial charge on any atom is -0.339 e. The molecule has 6 heteroatoms. The number of nitrogens with zero attached hydrogens (tertiary/aromatic N) is 4. The predicted molar refractivity (Wildman–Crippen MR) is 66.8 cm³/mol. The molecule has 0 aliphatic carbocycles. The van der Waals surface area contributed by atoms with Crippen LogP contribution in [0, 0.1) is 0 Å². The summed E-state index contributed by atoms with van der Waals surface area (Å²) in [5.74, 6) is 1.08. The third kappa shape index (κ3) is 3.59. The van der Waals surface area contributed by atoms with Crippen molar-refractivity contribution in [2.24, 2.45) is 0 Å². The van der Waals surface area contributed by atoms with Crippen LogP contribution in [0.3, 0.4) is 0 Å². The molecule has 0 aromatic carbocycles. The van der Waals surface area contributed by atoms with Gasteiger partial charge in [0.05, 0.1) is 6.20 Å². The molecule has 18 heavy (non-hydrogen) atoms. The smallest absolute Gasteiger partial charge is 0.228 e. The zero-order valence-corrected chi connectivity index (χ0v) is 10.8. The molecule has 0 bridgehead atoms. The first-order valence-corrected chi connectivity index (χ1v) is 5.88. The second kappa shape index (κ2) is 5.22. The minimum absolute atomic E-state index is 0.0910. The van der Waals surface area contributed by atoms with E-state index < -0.39 is 0 Å². The number of aromatic nitrogens is 4. The second-order valence-corrected chi connectivity index (χ2v) is 5.03. The van der Waals surface area contributed by atoms with Crippen molar-refractivity contribution in [2.75, 3.05) is 6.54 Å². The van der Waals surface area contributed by atoms with Gasteiger partial charge in [0.15, 0.2) is 0 Å². The van der Waals surface area contributed by atoms with E-state index in [9.17, 15) is 0 Å². The summed E-state index contributed by atoms with van der Waals surface area (Å²) in [7, 11) is 0. The molecule has 0 amide bonds. The number of nitrogens with one attached hydrogen (secondary N) is 1. The molecule has 0 aliphatic rings. The summed E-state index contributed by atoms with van der Waals surface area (Å²) < 4.78 is 5.16. The van der Waals surface area contributed by atoms with E-state index >= 15 is 0 Å². The van der Waals surface area contributed by atoms with Crippen molar-refractivity contribution < 1.29 is 4.52 Å². The van der Waals surface area contributed by atoms with Crippen molar-refractivity contribution in [1.82, 2.24) is 25.4 Å². The van der Waals surface area contributed by atoms with Crippen molar-refractivity contribution in [3.63, 3.8) is 0 Å². The summed E-state index contributed by atoms with van der Waals surface area (Å²) >= 11 is 0. The summed E-state index contributed by atoms with van der Waals surface area (Å²) in [4.78, 5) is 12.4. The van der Waals surface area contributed by atoms with E-state index in [0.29, 0.717) is 23.8 Å². The highest BCUT2D eigenvalue weighted by molar-refractivity contribution is 5.45. The summed E-state index contributed by atoms with van der Waals surface area (Å²) in [6.07, 6.45) is 5.52. The Morgan fingerprint density at radius 2 is 2.11 bits per heavy atom. The minimum atomic E-state index is 0.0910. The van der Waals surface area contributed by atoms with E-state index in [1.807, 2.05) is 0 Å². The molecule has 0 saturated heterocycles. The van der Waals surface area contributed by atoms with Gasteiger partial charge in [-0.15, -0.1) is 0 Å². The van der Waals surface area contributed by atoms with Gasteiger partial charge in [-0.25, -0.2) is 4.98 Å². The molecule has 2 heterocycles. The number of hydrogen-bond donors (Lipinski definition) is 1. The topological polar surface area (TPSA) is 76.7 Å². The van der Waals surface area contributed by atoms with E-state index in [4.69, 9.17) is 4.52 Å². The zero-order chi connectivity index (χ0) is 13.0. The SMILES string of the molecule is CC(C)(C)NCCc1nc(-c2cnccn2)no1. The van der Waals surface area contributed by atoms with Crippen molar-refractivity contribution in [3.8, 4) is 11.5 Å². The van der Waals surface area contributed by atoms with E-state index in [-0.39, 0.29) is 5.54 Å². The Hall–Kier alpha value is -1.82. The molecule has 0 unspecified atom stereocenters. The summed E-state index contributed by atoms with van der Waals surface area (Å²) in [6.45, 7) is 7.15. The van der Waals surface area contributed by atoms with Crippen LogP contribution in [0.4, 0.5) is 0 Å². The van der Waals surface area contributed by atoms with Crippen LogP contribution in [0.15, 0.2) is 23.1 Å². The van der Waals surface area contributed by atoms with Crippen LogP contribution in [-0.4, -0.2) is 32.2 Å². The van der Waals surface area contributed by atoms with Crippen LogP contribution in [0.1, 0.15) is 26.7 Å². The standard InChI is InChI=1S/C12H17N5O/c1-12(2,3)15-5-4-10-16-11(17-18-10)9-8-13-6-7-14-9/h6-8,15H,4-5H2,1-3H3. The largest absolute Gasteiger partial charge is 0.339 e. The Kier molecular flexibility index (Phi) is 3.66. The lowest BCUT2D eigenvalue weighted by atomic mass is 10.1. The lowest BCUT2D eigenvalue weighted by Gasteiger charge is -2.19. The molecule has 2 aromatic heterocycles. The fraction of sp³-hybridized carbons (Fsp3) is 0.500. The van der Waals surface area contributed by atoms with Gasteiger partial charge in [-0.1, -0.05) is 5.16 Å². The van der Waals surface area contributed by atoms with E-state index in [1.54, 1.807) is 18.6 Å². The Morgan fingerprint density at radius 3 is 2.78 bits per heavy atom. The number of rotatable bonds is 4. The Balaban J connectivity index is 1.95. The van der Waals surface area contributed by atoms with Crippen molar-refractivity contribution in [3.05, 3.63) is 24.5 Å².